The number of unbranched alkanes of at least 4 members (excludes halogenated alkanes) is 14. The smallest absolute Gasteiger partial charge is 0.220 e. The molecule has 316 valence electrons. The zero-order chi connectivity index (χ0) is 40.2. The lowest BCUT2D eigenvalue weighted by Gasteiger charge is -2.40. The minimum absolute atomic E-state index is 0.227. The number of hydrogen-bond acceptors (Lipinski definition) is 8. The number of allylic oxidation sites excluding steroid dienone is 11. The van der Waals surface area contributed by atoms with Crippen LogP contribution in [0.1, 0.15) is 155 Å². The van der Waals surface area contributed by atoms with E-state index in [1.54, 1.807) is 6.08 Å². The van der Waals surface area contributed by atoms with Crippen LogP contribution in [0.15, 0.2) is 72.9 Å². The largest absolute Gasteiger partial charge is 0.394 e. The van der Waals surface area contributed by atoms with Gasteiger partial charge in [-0.15, -0.1) is 0 Å². The molecule has 0 radical (unpaired) electrons. The summed E-state index contributed by atoms with van der Waals surface area (Å²) in [6.45, 7) is 3.66. The van der Waals surface area contributed by atoms with Gasteiger partial charge >= 0.3 is 0 Å². The number of carbonyl (C=O) groups excluding carboxylic acids is 1. The fourth-order valence-corrected chi connectivity index (χ4v) is 6.22. The molecule has 1 aliphatic rings. The van der Waals surface area contributed by atoms with Gasteiger partial charge < -0.3 is 40.3 Å². The SMILES string of the molecule is CCCCCCC/C=C/CC/C=C/[C@@H](O)[C@H](CO[C@H]1O[C@@H](CO)[C@H](O)C(O)C1O)NC(=O)CCC/C=C/C/C=C/C/C=C/C/C=C/CCCCCCCCC. The summed E-state index contributed by atoms with van der Waals surface area (Å²) in [5.74, 6) is -0.246. The van der Waals surface area contributed by atoms with Crippen molar-refractivity contribution in [3.05, 3.63) is 72.9 Å². The summed E-state index contributed by atoms with van der Waals surface area (Å²) in [4.78, 5) is 12.9. The summed E-state index contributed by atoms with van der Waals surface area (Å²) in [5, 5.41) is 53.9. The van der Waals surface area contributed by atoms with Gasteiger partial charge in [0, 0.05) is 6.42 Å². The molecule has 1 fully saturated rings. The molecule has 55 heavy (non-hydrogen) atoms. The van der Waals surface area contributed by atoms with Crippen LogP contribution in [0.25, 0.3) is 0 Å². The molecule has 0 aromatic carbocycles. The third-order valence-electron chi connectivity index (χ3n) is 9.75. The Labute approximate surface area is 334 Å². The van der Waals surface area contributed by atoms with Crippen molar-refractivity contribution >= 4 is 5.91 Å². The van der Waals surface area contributed by atoms with Crippen LogP contribution in [-0.2, 0) is 14.3 Å². The molecule has 7 atom stereocenters. The average molecular weight is 774 g/mol. The predicted octanol–water partition coefficient (Wildman–Crippen LogP) is 8.61. The second kappa shape index (κ2) is 36.0. The summed E-state index contributed by atoms with van der Waals surface area (Å²) in [5.41, 5.74) is 0. The Morgan fingerprint density at radius 1 is 0.618 bits per heavy atom. The molecule has 1 aliphatic heterocycles. The third kappa shape index (κ3) is 27.0. The molecule has 0 aromatic heterocycles. The number of carbonyl (C=O) groups is 1. The summed E-state index contributed by atoms with van der Waals surface area (Å²) >= 11 is 0. The highest BCUT2D eigenvalue weighted by molar-refractivity contribution is 5.76. The van der Waals surface area contributed by atoms with Gasteiger partial charge in [-0.2, -0.15) is 0 Å². The van der Waals surface area contributed by atoms with Crippen molar-refractivity contribution in [1.29, 1.82) is 0 Å². The van der Waals surface area contributed by atoms with Crippen molar-refractivity contribution in [3.8, 4) is 0 Å². The molecule has 0 saturated carbocycles. The van der Waals surface area contributed by atoms with Crippen LogP contribution in [0.5, 0.6) is 0 Å². The summed E-state index contributed by atoms with van der Waals surface area (Å²) in [6, 6.07) is -0.851. The molecular weight excluding hydrogens is 695 g/mol. The molecule has 1 heterocycles. The Kier molecular flexibility index (Phi) is 33.2. The Bertz CT molecular complexity index is 1080. The van der Waals surface area contributed by atoms with Gasteiger partial charge in [-0.3, -0.25) is 4.79 Å². The number of nitrogens with one attached hydrogen (secondary N) is 1. The summed E-state index contributed by atoms with van der Waals surface area (Å²) < 4.78 is 11.1. The van der Waals surface area contributed by atoms with Gasteiger partial charge in [0.25, 0.3) is 0 Å². The van der Waals surface area contributed by atoms with Crippen molar-refractivity contribution in [2.24, 2.45) is 0 Å². The topological polar surface area (TPSA) is 149 Å². The first-order valence-electron chi connectivity index (χ1n) is 21.7. The van der Waals surface area contributed by atoms with Crippen LogP contribution >= 0.6 is 0 Å². The van der Waals surface area contributed by atoms with E-state index in [9.17, 15) is 30.3 Å². The normalized spacial score (nSPS) is 22.1. The van der Waals surface area contributed by atoms with E-state index >= 15 is 0 Å². The zero-order valence-corrected chi connectivity index (χ0v) is 34.4. The van der Waals surface area contributed by atoms with E-state index in [4.69, 9.17) is 9.47 Å². The van der Waals surface area contributed by atoms with E-state index in [1.165, 1.54) is 83.5 Å². The second-order valence-corrected chi connectivity index (χ2v) is 14.8. The fraction of sp³-hybridized carbons (Fsp3) is 0.717. The predicted molar refractivity (Wildman–Crippen MR) is 225 cm³/mol. The van der Waals surface area contributed by atoms with E-state index in [2.05, 4.69) is 79.9 Å². The maximum atomic E-state index is 12.9. The van der Waals surface area contributed by atoms with Gasteiger partial charge in [0.1, 0.15) is 24.4 Å². The average Bonchev–Trinajstić information content (AvgIpc) is 3.18. The molecular formula is C46H79NO8. The van der Waals surface area contributed by atoms with Crippen LogP contribution in [0.3, 0.4) is 0 Å². The minimum atomic E-state index is -1.58. The molecule has 1 rings (SSSR count). The van der Waals surface area contributed by atoms with Crippen molar-refractivity contribution in [2.75, 3.05) is 13.2 Å². The van der Waals surface area contributed by atoms with Gasteiger partial charge in [-0.05, 0) is 70.6 Å². The maximum absolute atomic E-state index is 12.9. The highest BCUT2D eigenvalue weighted by atomic mass is 16.7. The van der Waals surface area contributed by atoms with Gasteiger partial charge in [0.2, 0.25) is 5.91 Å². The molecule has 9 nitrogen and oxygen atoms in total. The summed E-state index contributed by atoms with van der Waals surface area (Å²) in [7, 11) is 0. The monoisotopic (exact) mass is 774 g/mol. The number of aliphatic hydroxyl groups is 5. The van der Waals surface area contributed by atoms with E-state index < -0.39 is 49.5 Å². The number of aliphatic hydroxyl groups excluding tert-OH is 5. The lowest BCUT2D eigenvalue weighted by atomic mass is 9.99. The van der Waals surface area contributed by atoms with E-state index in [0.717, 1.165) is 44.9 Å². The van der Waals surface area contributed by atoms with Gasteiger partial charge in [-0.25, -0.2) is 0 Å². The van der Waals surface area contributed by atoms with Crippen LogP contribution < -0.4 is 5.32 Å². The second-order valence-electron chi connectivity index (χ2n) is 14.8. The van der Waals surface area contributed by atoms with Crippen molar-refractivity contribution in [1.82, 2.24) is 5.32 Å². The first-order valence-corrected chi connectivity index (χ1v) is 21.7. The van der Waals surface area contributed by atoms with Gasteiger partial charge in [0.15, 0.2) is 6.29 Å². The molecule has 6 N–H and O–H groups in total. The quantitative estimate of drug-likeness (QED) is 0.0281. The van der Waals surface area contributed by atoms with E-state index in [1.807, 2.05) is 6.08 Å². The first-order chi connectivity index (χ1) is 26.8. The molecule has 1 amide bonds. The number of ether oxygens (including phenoxy) is 2. The van der Waals surface area contributed by atoms with E-state index in [0.29, 0.717) is 6.42 Å². The summed E-state index contributed by atoms with van der Waals surface area (Å²) in [6.07, 6.45) is 41.0. The third-order valence-corrected chi connectivity index (χ3v) is 9.75. The number of amides is 1. The number of hydrogen-bond donors (Lipinski definition) is 6. The lowest BCUT2D eigenvalue weighted by molar-refractivity contribution is -0.302. The number of rotatable bonds is 34. The molecule has 9 heteroatoms. The molecule has 0 spiro atoms. The minimum Gasteiger partial charge on any atom is -0.394 e. The lowest BCUT2D eigenvalue weighted by Crippen LogP contribution is -2.60. The van der Waals surface area contributed by atoms with Crippen molar-refractivity contribution in [3.63, 3.8) is 0 Å². The van der Waals surface area contributed by atoms with Crippen LogP contribution in [0.4, 0.5) is 0 Å². The van der Waals surface area contributed by atoms with Crippen molar-refractivity contribution < 1.29 is 39.8 Å². The Hall–Kier alpha value is -2.37. The maximum Gasteiger partial charge on any atom is 0.220 e. The van der Waals surface area contributed by atoms with Crippen LogP contribution in [-0.4, -0.2) is 87.5 Å². The molecule has 1 saturated heterocycles. The van der Waals surface area contributed by atoms with Gasteiger partial charge in [-0.1, -0.05) is 151 Å². The molecule has 0 bridgehead atoms. The Morgan fingerprint density at radius 2 is 1.09 bits per heavy atom. The van der Waals surface area contributed by atoms with Crippen LogP contribution in [0, 0.1) is 0 Å². The molecule has 0 aromatic rings. The Balaban J connectivity index is 2.43. The van der Waals surface area contributed by atoms with Gasteiger partial charge in [0.05, 0.1) is 25.4 Å². The fourth-order valence-electron chi connectivity index (χ4n) is 6.22. The highest BCUT2D eigenvalue weighted by Gasteiger charge is 2.44. The highest BCUT2D eigenvalue weighted by Crippen LogP contribution is 2.22. The Morgan fingerprint density at radius 3 is 1.65 bits per heavy atom. The molecule has 2 unspecified atom stereocenters. The van der Waals surface area contributed by atoms with E-state index in [-0.39, 0.29) is 18.9 Å². The van der Waals surface area contributed by atoms with Crippen molar-refractivity contribution in [2.45, 2.75) is 198 Å². The first kappa shape index (κ1) is 50.6. The molecule has 0 aliphatic carbocycles. The standard InChI is InChI=1S/C46H79NO8/c1-3-5-7-9-11-13-15-16-17-18-19-20-21-22-23-24-26-28-30-32-34-36-42(50)47-39(38-54-46-45(53)44(52)43(51)41(37-48)55-46)40(49)35-33-31-29-27-25-14-12-10-8-6-4-2/h17-18,20-21,23-25,27-28,30,33,35,39-41,43-46,48-49,51-53H,3-16,19,22,26,29,31-32,34,36-38H2,1-2H3,(H,47,50)/b18-17+,21-20+,24-23+,27-25+,30-28+,35-33+/t39-,40+,41-,43-,44?,45?,46-/m0/s1. The van der Waals surface area contributed by atoms with Crippen LogP contribution in [0.2, 0.25) is 0 Å². The zero-order valence-electron chi connectivity index (χ0n) is 34.4.